The van der Waals surface area contributed by atoms with Crippen molar-refractivity contribution in [2.75, 3.05) is 13.1 Å². The number of carbonyl (C=O) groups is 1. The third-order valence-corrected chi connectivity index (χ3v) is 5.00. The molecule has 5 nitrogen and oxygen atoms in total. The summed E-state index contributed by atoms with van der Waals surface area (Å²) in [6.07, 6.45) is 0. The molecule has 1 aliphatic heterocycles. The van der Waals surface area contributed by atoms with Crippen LogP contribution in [0.1, 0.15) is 12.5 Å². The van der Waals surface area contributed by atoms with Crippen molar-refractivity contribution in [3.63, 3.8) is 0 Å². The number of benzene rings is 1. The van der Waals surface area contributed by atoms with E-state index < -0.39 is 16.1 Å². The molecule has 1 aliphatic rings. The summed E-state index contributed by atoms with van der Waals surface area (Å²) in [5.41, 5.74) is 0.880. The first-order chi connectivity index (χ1) is 8.43. The van der Waals surface area contributed by atoms with Gasteiger partial charge in [-0.2, -0.15) is 4.31 Å². The first kappa shape index (κ1) is 13.0. The van der Waals surface area contributed by atoms with Crippen LogP contribution in [0.25, 0.3) is 0 Å². The van der Waals surface area contributed by atoms with Crippen molar-refractivity contribution in [3.05, 3.63) is 29.8 Å². The van der Waals surface area contributed by atoms with Crippen LogP contribution in [0.4, 0.5) is 0 Å². The Labute approximate surface area is 107 Å². The van der Waals surface area contributed by atoms with Gasteiger partial charge in [0.05, 0.1) is 4.90 Å². The van der Waals surface area contributed by atoms with Crippen LogP contribution < -0.4 is 5.32 Å². The van der Waals surface area contributed by atoms with E-state index in [0.29, 0.717) is 13.1 Å². The summed E-state index contributed by atoms with van der Waals surface area (Å²) >= 11 is 0. The van der Waals surface area contributed by atoms with Gasteiger partial charge in [-0.1, -0.05) is 12.1 Å². The molecule has 1 aromatic rings. The van der Waals surface area contributed by atoms with E-state index in [9.17, 15) is 13.2 Å². The quantitative estimate of drug-likeness (QED) is 0.849. The third kappa shape index (κ3) is 2.26. The number of piperazine rings is 1. The number of nitrogens with zero attached hydrogens (tertiary/aromatic N) is 1. The minimum Gasteiger partial charge on any atom is -0.353 e. The fourth-order valence-corrected chi connectivity index (χ4v) is 3.70. The maximum atomic E-state index is 12.4. The van der Waals surface area contributed by atoms with E-state index in [1.165, 1.54) is 4.31 Å². The molecule has 2 rings (SSSR count). The smallest absolute Gasteiger partial charge is 0.243 e. The van der Waals surface area contributed by atoms with Crippen LogP contribution in [0.3, 0.4) is 0 Å². The molecule has 1 fully saturated rings. The van der Waals surface area contributed by atoms with Crippen molar-refractivity contribution < 1.29 is 13.2 Å². The van der Waals surface area contributed by atoms with Crippen molar-refractivity contribution in [1.82, 2.24) is 9.62 Å². The lowest BCUT2D eigenvalue weighted by Gasteiger charge is -2.31. The maximum absolute atomic E-state index is 12.4. The predicted molar refractivity (Wildman–Crippen MR) is 67.5 cm³/mol. The number of sulfonamides is 1. The second-order valence-corrected chi connectivity index (χ2v) is 6.29. The lowest BCUT2D eigenvalue weighted by Crippen LogP contribution is -2.55. The molecule has 0 aromatic heterocycles. The van der Waals surface area contributed by atoms with E-state index in [0.717, 1.165) is 5.56 Å². The molecular weight excluding hydrogens is 252 g/mol. The van der Waals surface area contributed by atoms with Gasteiger partial charge in [-0.05, 0) is 31.5 Å². The highest BCUT2D eigenvalue weighted by Gasteiger charge is 2.35. The van der Waals surface area contributed by atoms with E-state index in [-0.39, 0.29) is 10.8 Å². The molecule has 1 unspecified atom stereocenters. The summed E-state index contributed by atoms with van der Waals surface area (Å²) in [6.45, 7) is 4.10. The number of nitrogens with one attached hydrogen (secondary N) is 1. The second kappa shape index (κ2) is 4.70. The number of rotatable bonds is 2. The summed E-state index contributed by atoms with van der Waals surface area (Å²) in [5, 5.41) is 2.65. The van der Waals surface area contributed by atoms with Gasteiger partial charge in [-0.25, -0.2) is 8.42 Å². The van der Waals surface area contributed by atoms with Gasteiger partial charge < -0.3 is 5.32 Å². The number of carbonyl (C=O) groups excluding carboxylic acids is 1. The predicted octanol–water partition coefficient (Wildman–Crippen LogP) is 0.504. The van der Waals surface area contributed by atoms with Gasteiger partial charge >= 0.3 is 0 Å². The van der Waals surface area contributed by atoms with Gasteiger partial charge in [0, 0.05) is 13.1 Å². The average molecular weight is 268 g/mol. The molecule has 0 bridgehead atoms. The van der Waals surface area contributed by atoms with Crippen LogP contribution in [0.2, 0.25) is 0 Å². The number of hydrogen-bond acceptors (Lipinski definition) is 3. The molecule has 0 saturated carbocycles. The van der Waals surface area contributed by atoms with Crippen molar-refractivity contribution in [2.45, 2.75) is 24.8 Å². The summed E-state index contributed by atoms with van der Waals surface area (Å²) in [5.74, 6) is -0.252. The molecule has 0 spiro atoms. The van der Waals surface area contributed by atoms with Gasteiger partial charge in [-0.3, -0.25) is 4.79 Å². The van der Waals surface area contributed by atoms with E-state index >= 15 is 0 Å². The van der Waals surface area contributed by atoms with Crippen molar-refractivity contribution in [3.8, 4) is 0 Å². The Morgan fingerprint density at radius 1 is 1.39 bits per heavy atom. The highest BCUT2D eigenvalue weighted by Crippen LogP contribution is 2.20. The summed E-state index contributed by atoms with van der Waals surface area (Å²) < 4.78 is 26.1. The Bertz CT molecular complexity index is 568. The molecule has 1 amide bonds. The number of hydrogen-bond donors (Lipinski definition) is 1. The van der Waals surface area contributed by atoms with E-state index in [1.807, 2.05) is 13.0 Å². The first-order valence-corrected chi connectivity index (χ1v) is 7.23. The maximum Gasteiger partial charge on any atom is 0.243 e. The first-order valence-electron chi connectivity index (χ1n) is 5.79. The Kier molecular flexibility index (Phi) is 3.41. The normalized spacial score (nSPS) is 21.7. The lowest BCUT2D eigenvalue weighted by molar-refractivity contribution is -0.126. The minimum atomic E-state index is -3.59. The Balaban J connectivity index is 2.39. The monoisotopic (exact) mass is 268 g/mol. The molecule has 1 N–H and O–H groups in total. The van der Waals surface area contributed by atoms with Crippen molar-refractivity contribution in [2.24, 2.45) is 0 Å². The number of aryl methyl sites for hydroxylation is 1. The lowest BCUT2D eigenvalue weighted by atomic mass is 10.2. The second-order valence-electron chi connectivity index (χ2n) is 4.40. The van der Waals surface area contributed by atoms with Gasteiger partial charge in [-0.15, -0.1) is 0 Å². The average Bonchev–Trinajstić information content (AvgIpc) is 2.32. The van der Waals surface area contributed by atoms with Gasteiger partial charge in [0.2, 0.25) is 15.9 Å². The zero-order chi connectivity index (χ0) is 13.3. The highest BCUT2D eigenvalue weighted by atomic mass is 32.2. The van der Waals surface area contributed by atoms with Crippen molar-refractivity contribution in [1.29, 1.82) is 0 Å². The fourth-order valence-electron chi connectivity index (χ4n) is 2.00. The van der Waals surface area contributed by atoms with E-state index in [4.69, 9.17) is 0 Å². The zero-order valence-electron chi connectivity index (χ0n) is 10.4. The molecule has 1 aromatic carbocycles. The topological polar surface area (TPSA) is 66.5 Å². The summed E-state index contributed by atoms with van der Waals surface area (Å²) in [4.78, 5) is 11.8. The molecule has 6 heteroatoms. The van der Waals surface area contributed by atoms with Gasteiger partial charge in [0.15, 0.2) is 0 Å². The largest absolute Gasteiger partial charge is 0.353 e. The Hall–Kier alpha value is -1.40. The molecule has 18 heavy (non-hydrogen) atoms. The third-order valence-electron chi connectivity index (χ3n) is 3.04. The number of amides is 1. The molecular formula is C12H16N2O3S. The van der Waals surface area contributed by atoms with Crippen LogP contribution in [-0.2, 0) is 14.8 Å². The SMILES string of the molecule is Cc1cccc(S(=O)(=O)N2CCNC(=O)C2C)c1. The molecule has 0 radical (unpaired) electrons. The Morgan fingerprint density at radius 2 is 2.11 bits per heavy atom. The highest BCUT2D eigenvalue weighted by molar-refractivity contribution is 7.89. The van der Waals surface area contributed by atoms with E-state index in [2.05, 4.69) is 5.32 Å². The minimum absolute atomic E-state index is 0.240. The van der Waals surface area contributed by atoms with Crippen LogP contribution in [0, 0.1) is 6.92 Å². The summed E-state index contributed by atoms with van der Waals surface area (Å²) in [6, 6.07) is 6.06. The molecule has 1 saturated heterocycles. The summed E-state index contributed by atoms with van der Waals surface area (Å²) in [7, 11) is -3.59. The standard InChI is InChI=1S/C12H16N2O3S/c1-9-4-3-5-11(8-9)18(16,17)14-7-6-13-12(15)10(14)2/h3-5,8,10H,6-7H2,1-2H3,(H,13,15). The van der Waals surface area contributed by atoms with Crippen LogP contribution in [0.5, 0.6) is 0 Å². The molecule has 0 aliphatic carbocycles. The molecule has 1 heterocycles. The van der Waals surface area contributed by atoms with Crippen LogP contribution in [0.15, 0.2) is 29.2 Å². The van der Waals surface area contributed by atoms with Crippen LogP contribution in [-0.4, -0.2) is 37.8 Å². The fraction of sp³-hybridized carbons (Fsp3) is 0.417. The van der Waals surface area contributed by atoms with Gasteiger partial charge in [0.25, 0.3) is 0 Å². The molecule has 98 valence electrons. The van der Waals surface area contributed by atoms with Crippen LogP contribution >= 0.6 is 0 Å². The van der Waals surface area contributed by atoms with E-state index in [1.54, 1.807) is 25.1 Å². The Morgan fingerprint density at radius 3 is 2.78 bits per heavy atom. The van der Waals surface area contributed by atoms with Crippen molar-refractivity contribution >= 4 is 15.9 Å². The molecule has 1 atom stereocenters. The zero-order valence-corrected chi connectivity index (χ0v) is 11.2. The van der Waals surface area contributed by atoms with Gasteiger partial charge in [0.1, 0.15) is 6.04 Å².